The number of rotatable bonds is 2. The van der Waals surface area contributed by atoms with E-state index in [1.54, 1.807) is 0 Å². The summed E-state index contributed by atoms with van der Waals surface area (Å²) in [5, 5.41) is 10.7. The van der Waals surface area contributed by atoms with Gasteiger partial charge in [0, 0.05) is 7.11 Å². The Kier molecular flexibility index (Phi) is 3.87. The highest BCUT2D eigenvalue weighted by Crippen LogP contribution is 2.44. The van der Waals surface area contributed by atoms with Gasteiger partial charge in [0.25, 0.3) is 0 Å². The van der Waals surface area contributed by atoms with Crippen LogP contribution in [0.15, 0.2) is 24.3 Å². The molecule has 1 aliphatic rings. The molecule has 1 fully saturated rings. The molecule has 1 aliphatic carbocycles. The van der Waals surface area contributed by atoms with Crippen molar-refractivity contribution < 1.29 is 23.0 Å². The van der Waals surface area contributed by atoms with Crippen LogP contribution in [-0.2, 0) is 16.5 Å². The van der Waals surface area contributed by atoms with Crippen LogP contribution in [0.1, 0.15) is 36.8 Å². The van der Waals surface area contributed by atoms with Crippen molar-refractivity contribution in [2.24, 2.45) is 0 Å². The summed E-state index contributed by atoms with van der Waals surface area (Å²) in [5.74, 6) is 0. The molecule has 1 N–H and O–H groups in total. The highest BCUT2D eigenvalue weighted by Gasteiger charge is 2.46. The maximum absolute atomic E-state index is 13.1. The van der Waals surface area contributed by atoms with Crippen molar-refractivity contribution in [3.63, 3.8) is 0 Å². The molecule has 0 amide bonds. The van der Waals surface area contributed by atoms with Crippen molar-refractivity contribution in [3.8, 4) is 0 Å². The molecule has 2 nitrogen and oxygen atoms in total. The van der Waals surface area contributed by atoms with Gasteiger partial charge in [-0.2, -0.15) is 13.2 Å². The first-order valence-corrected chi connectivity index (χ1v) is 6.31. The zero-order valence-corrected chi connectivity index (χ0v) is 10.7. The minimum absolute atomic E-state index is 0.0750. The summed E-state index contributed by atoms with van der Waals surface area (Å²) in [6.45, 7) is 0. The largest absolute Gasteiger partial charge is 0.416 e. The van der Waals surface area contributed by atoms with Gasteiger partial charge in [-0.3, -0.25) is 0 Å². The van der Waals surface area contributed by atoms with Crippen molar-refractivity contribution in [3.05, 3.63) is 35.4 Å². The lowest BCUT2D eigenvalue weighted by Gasteiger charge is -2.40. The lowest BCUT2D eigenvalue weighted by Crippen LogP contribution is -2.44. The molecule has 1 aromatic rings. The van der Waals surface area contributed by atoms with Gasteiger partial charge < -0.3 is 9.84 Å². The molecule has 0 heterocycles. The van der Waals surface area contributed by atoms with E-state index in [0.29, 0.717) is 19.3 Å². The summed E-state index contributed by atoms with van der Waals surface area (Å²) in [6.07, 6.45) is -2.65. The molecule has 5 heteroatoms. The molecule has 0 spiro atoms. The molecule has 0 bridgehead atoms. The van der Waals surface area contributed by atoms with Crippen molar-refractivity contribution >= 4 is 0 Å². The van der Waals surface area contributed by atoms with Crippen LogP contribution in [0.3, 0.4) is 0 Å². The Labute approximate surface area is 110 Å². The van der Waals surface area contributed by atoms with Gasteiger partial charge in [-0.1, -0.05) is 31.0 Å². The Morgan fingerprint density at radius 2 is 1.95 bits per heavy atom. The molecule has 1 saturated carbocycles. The number of halogens is 3. The van der Waals surface area contributed by atoms with Crippen LogP contribution in [0.5, 0.6) is 0 Å². The molecule has 0 aliphatic heterocycles. The smallest absolute Gasteiger partial charge is 0.382 e. The molecule has 0 saturated heterocycles. The topological polar surface area (TPSA) is 29.5 Å². The van der Waals surface area contributed by atoms with Crippen molar-refractivity contribution in [2.75, 3.05) is 7.11 Å². The first-order chi connectivity index (χ1) is 8.89. The predicted octanol–water partition coefficient (Wildman–Crippen LogP) is 3.48. The number of aliphatic hydroxyl groups is 1. The van der Waals surface area contributed by atoms with Gasteiger partial charge >= 0.3 is 6.18 Å². The third kappa shape index (κ3) is 2.62. The minimum atomic E-state index is -4.47. The summed E-state index contributed by atoms with van der Waals surface area (Å²) in [4.78, 5) is 0. The van der Waals surface area contributed by atoms with Gasteiger partial charge in [0.15, 0.2) is 0 Å². The fourth-order valence-corrected chi connectivity index (χ4v) is 2.85. The number of hydrogen-bond acceptors (Lipinski definition) is 2. The number of hydrogen-bond donors (Lipinski definition) is 1. The number of ether oxygens (including phenoxy) is 1. The predicted molar refractivity (Wildman–Crippen MR) is 64.6 cm³/mol. The second kappa shape index (κ2) is 5.13. The Hall–Kier alpha value is -1.07. The minimum Gasteiger partial charge on any atom is -0.382 e. The maximum atomic E-state index is 13.1. The molecule has 2 unspecified atom stereocenters. The average molecular weight is 274 g/mol. The van der Waals surface area contributed by atoms with E-state index in [4.69, 9.17) is 4.74 Å². The van der Waals surface area contributed by atoms with E-state index in [0.717, 1.165) is 12.5 Å². The highest BCUT2D eigenvalue weighted by molar-refractivity contribution is 5.36. The Bertz CT molecular complexity index is 445. The number of methoxy groups -OCH3 is 1. The van der Waals surface area contributed by atoms with E-state index >= 15 is 0 Å². The summed E-state index contributed by atoms with van der Waals surface area (Å²) < 4.78 is 44.4. The average Bonchev–Trinajstić information content (AvgIpc) is 2.38. The van der Waals surface area contributed by atoms with E-state index in [1.165, 1.54) is 25.3 Å². The lowest BCUT2D eigenvalue weighted by atomic mass is 9.75. The molecule has 1 aromatic carbocycles. The summed E-state index contributed by atoms with van der Waals surface area (Å²) in [5.41, 5.74) is -2.41. The zero-order chi connectivity index (χ0) is 14.1. The van der Waals surface area contributed by atoms with Crippen LogP contribution in [0.4, 0.5) is 13.2 Å². The molecule has 0 radical (unpaired) electrons. The maximum Gasteiger partial charge on any atom is 0.416 e. The molecule has 106 valence electrons. The van der Waals surface area contributed by atoms with Crippen molar-refractivity contribution in [2.45, 2.75) is 43.6 Å². The van der Waals surface area contributed by atoms with Crippen LogP contribution in [0, 0.1) is 0 Å². The first kappa shape index (κ1) is 14.3. The van der Waals surface area contributed by atoms with E-state index in [1.807, 2.05) is 0 Å². The first-order valence-electron chi connectivity index (χ1n) is 6.31. The van der Waals surface area contributed by atoms with E-state index in [-0.39, 0.29) is 5.56 Å². The molecule has 2 atom stereocenters. The Morgan fingerprint density at radius 3 is 2.58 bits per heavy atom. The number of benzene rings is 1. The molecule has 0 aromatic heterocycles. The number of alkyl halides is 3. The fourth-order valence-electron chi connectivity index (χ4n) is 2.85. The van der Waals surface area contributed by atoms with Crippen LogP contribution >= 0.6 is 0 Å². The quantitative estimate of drug-likeness (QED) is 0.894. The Balaban J connectivity index is 2.50. The van der Waals surface area contributed by atoms with Crippen molar-refractivity contribution in [1.82, 2.24) is 0 Å². The fraction of sp³-hybridized carbons (Fsp3) is 0.571. The summed E-state index contributed by atoms with van der Waals surface area (Å²) in [7, 11) is 1.43. The van der Waals surface area contributed by atoms with Crippen molar-refractivity contribution in [1.29, 1.82) is 0 Å². The monoisotopic (exact) mass is 274 g/mol. The normalized spacial score (nSPS) is 28.4. The molecular formula is C14H17F3O2. The van der Waals surface area contributed by atoms with Crippen LogP contribution in [0.25, 0.3) is 0 Å². The third-order valence-electron chi connectivity index (χ3n) is 3.79. The summed E-state index contributed by atoms with van der Waals surface area (Å²) in [6, 6.07) is 5.21. The van der Waals surface area contributed by atoms with Gasteiger partial charge in [0.1, 0.15) is 5.60 Å². The molecule has 2 rings (SSSR count). The summed E-state index contributed by atoms with van der Waals surface area (Å²) >= 11 is 0. The second-order valence-electron chi connectivity index (χ2n) is 4.94. The third-order valence-corrected chi connectivity index (χ3v) is 3.79. The van der Waals surface area contributed by atoms with E-state index in [2.05, 4.69) is 0 Å². The standard InChI is InChI=1S/C14H17F3O2/c1-19-12-8-4-5-9-13(12,18)10-6-2-3-7-11(10)14(15,16)17/h2-3,6-7,12,18H,4-5,8-9H2,1H3. The van der Waals surface area contributed by atoms with Gasteiger partial charge in [-0.15, -0.1) is 0 Å². The molecule has 19 heavy (non-hydrogen) atoms. The van der Waals surface area contributed by atoms with Gasteiger partial charge in [-0.05, 0) is 24.5 Å². The van der Waals surface area contributed by atoms with Crippen LogP contribution < -0.4 is 0 Å². The second-order valence-corrected chi connectivity index (χ2v) is 4.94. The lowest BCUT2D eigenvalue weighted by molar-refractivity contribution is -0.151. The molecular weight excluding hydrogens is 257 g/mol. The van der Waals surface area contributed by atoms with E-state index in [9.17, 15) is 18.3 Å². The van der Waals surface area contributed by atoms with Crippen LogP contribution in [-0.4, -0.2) is 18.3 Å². The van der Waals surface area contributed by atoms with E-state index < -0.39 is 23.4 Å². The SMILES string of the molecule is COC1CCCCC1(O)c1ccccc1C(F)(F)F. The van der Waals surface area contributed by atoms with Gasteiger partial charge in [0.05, 0.1) is 11.7 Å². The Morgan fingerprint density at radius 1 is 1.26 bits per heavy atom. The van der Waals surface area contributed by atoms with Gasteiger partial charge in [0.2, 0.25) is 0 Å². The highest BCUT2D eigenvalue weighted by atomic mass is 19.4. The zero-order valence-electron chi connectivity index (χ0n) is 10.7. The van der Waals surface area contributed by atoms with Gasteiger partial charge in [-0.25, -0.2) is 0 Å². The van der Waals surface area contributed by atoms with Crippen LogP contribution in [0.2, 0.25) is 0 Å².